The van der Waals surface area contributed by atoms with Crippen molar-refractivity contribution in [3.63, 3.8) is 0 Å². The molecular formula is C7H12BNO. The first kappa shape index (κ1) is 9.14. The number of allylic oxidation sites excluding steroid dienone is 1. The van der Waals surface area contributed by atoms with Gasteiger partial charge in [0.1, 0.15) is 0 Å². The van der Waals surface area contributed by atoms with Crippen LogP contribution in [0.15, 0.2) is 29.4 Å². The first-order valence-electron chi connectivity index (χ1n) is 3.37. The molecule has 2 nitrogen and oxygen atoms in total. The van der Waals surface area contributed by atoms with Crippen molar-refractivity contribution in [2.75, 3.05) is 0 Å². The van der Waals surface area contributed by atoms with Gasteiger partial charge >= 0.3 is 28.9 Å². The van der Waals surface area contributed by atoms with Gasteiger partial charge in [-0.05, 0) is 6.42 Å². The fraction of sp³-hybridized carbons (Fsp3) is 0.429. The SMILES string of the molecule is C=CCCC.b1ccon1. The Kier molecular flexibility index (Phi) is 7.45. The van der Waals surface area contributed by atoms with E-state index in [1.807, 2.05) is 6.08 Å². The molecule has 3 heteroatoms. The monoisotopic (exact) mass is 137 g/mol. The second-order valence-corrected chi connectivity index (χ2v) is 1.77. The van der Waals surface area contributed by atoms with E-state index in [0.717, 1.165) is 6.42 Å². The molecule has 1 aromatic heterocycles. The van der Waals surface area contributed by atoms with Gasteiger partial charge in [0.15, 0.2) is 0 Å². The maximum absolute atomic E-state index is 4.33. The van der Waals surface area contributed by atoms with Crippen LogP contribution in [0.5, 0.6) is 0 Å². The molecule has 1 heterocycles. The van der Waals surface area contributed by atoms with Crippen molar-refractivity contribution < 1.29 is 4.52 Å². The summed E-state index contributed by atoms with van der Waals surface area (Å²) in [7, 11) is 1.58. The van der Waals surface area contributed by atoms with Crippen LogP contribution in [0, 0.1) is 0 Å². The fourth-order valence-electron chi connectivity index (χ4n) is 0.380. The molecule has 0 aliphatic carbocycles. The summed E-state index contributed by atoms with van der Waals surface area (Å²) >= 11 is 0. The Bertz CT molecular complexity index is 122. The molecule has 0 spiro atoms. The van der Waals surface area contributed by atoms with Gasteiger partial charge in [0.05, 0.1) is 0 Å². The van der Waals surface area contributed by atoms with E-state index in [0.29, 0.717) is 0 Å². The summed E-state index contributed by atoms with van der Waals surface area (Å²) in [6, 6.07) is 0. The number of rotatable bonds is 2. The number of unbranched alkanes of at least 4 members (excludes halogenated alkanes) is 1. The molecule has 0 atom stereocenters. The minimum absolute atomic E-state index is 1.15. The molecule has 10 heavy (non-hydrogen) atoms. The minimum atomic E-state index is 1.15. The van der Waals surface area contributed by atoms with Crippen molar-refractivity contribution in [2.45, 2.75) is 19.8 Å². The molecule has 0 bridgehead atoms. The summed E-state index contributed by atoms with van der Waals surface area (Å²) in [6.45, 7) is 5.69. The van der Waals surface area contributed by atoms with E-state index in [4.69, 9.17) is 0 Å². The Hall–Kier alpha value is -0.855. The van der Waals surface area contributed by atoms with Crippen molar-refractivity contribution in [2.24, 2.45) is 0 Å². The topological polar surface area (TPSA) is 26.0 Å². The Morgan fingerprint density at radius 1 is 1.80 bits per heavy atom. The predicted octanol–water partition coefficient (Wildman–Crippen LogP) is 1.99. The first-order valence-corrected chi connectivity index (χ1v) is 3.37. The molecular weight excluding hydrogens is 125 g/mol. The van der Waals surface area contributed by atoms with Gasteiger partial charge in [-0.25, -0.2) is 0 Å². The average molecular weight is 137 g/mol. The van der Waals surface area contributed by atoms with Crippen LogP contribution in [0.25, 0.3) is 0 Å². The van der Waals surface area contributed by atoms with Crippen molar-refractivity contribution in [3.8, 4) is 0 Å². The molecule has 1 rings (SSSR count). The van der Waals surface area contributed by atoms with Crippen molar-refractivity contribution in [1.29, 1.82) is 0 Å². The first-order chi connectivity index (χ1) is 4.91. The number of nitrogens with zero attached hydrogens (tertiary/aromatic N) is 1. The van der Waals surface area contributed by atoms with Gasteiger partial charge in [-0.2, -0.15) is 0 Å². The molecule has 0 aliphatic heterocycles. The second-order valence-electron chi connectivity index (χ2n) is 1.77. The molecule has 54 valence electrons. The third-order valence-electron chi connectivity index (χ3n) is 0.840. The van der Waals surface area contributed by atoms with Gasteiger partial charge in [-0.3, -0.25) is 0 Å². The second kappa shape index (κ2) is 8.14. The van der Waals surface area contributed by atoms with Crippen molar-refractivity contribution >= 4 is 7.05 Å². The van der Waals surface area contributed by atoms with E-state index in [1.54, 1.807) is 13.0 Å². The summed E-state index contributed by atoms with van der Waals surface area (Å²) in [5, 5.41) is 3.35. The summed E-state index contributed by atoms with van der Waals surface area (Å²) < 4.78 is 4.33. The molecule has 0 fully saturated rings. The normalized spacial score (nSPS) is 7.30. The van der Waals surface area contributed by atoms with Crippen LogP contribution in [0.1, 0.15) is 19.8 Å². The summed E-state index contributed by atoms with van der Waals surface area (Å²) in [4.78, 5) is 0. The third-order valence-corrected chi connectivity index (χ3v) is 0.840. The van der Waals surface area contributed by atoms with Crippen LogP contribution in [0.4, 0.5) is 0 Å². The number of hydrogen-bond acceptors (Lipinski definition) is 2. The van der Waals surface area contributed by atoms with Gasteiger partial charge in [0.2, 0.25) is 0 Å². The maximum atomic E-state index is 4.33. The molecule has 0 saturated heterocycles. The Morgan fingerprint density at radius 2 is 2.60 bits per heavy atom. The van der Waals surface area contributed by atoms with Gasteiger partial charge in [0.25, 0.3) is 0 Å². The zero-order chi connectivity index (χ0) is 7.66. The number of hydrogen-bond donors (Lipinski definition) is 0. The molecule has 0 unspecified atom stereocenters. The molecule has 0 saturated carbocycles. The fourth-order valence-corrected chi connectivity index (χ4v) is 0.380. The third kappa shape index (κ3) is 7.14. The molecule has 0 aromatic carbocycles. The number of aromatic nitrogens is 1. The van der Waals surface area contributed by atoms with Crippen LogP contribution < -0.4 is 0 Å². The van der Waals surface area contributed by atoms with Crippen molar-refractivity contribution in [3.05, 3.63) is 24.9 Å². The van der Waals surface area contributed by atoms with Crippen LogP contribution in [0.2, 0.25) is 0 Å². The van der Waals surface area contributed by atoms with Crippen LogP contribution >= 0.6 is 0 Å². The molecule has 0 radical (unpaired) electrons. The van der Waals surface area contributed by atoms with Crippen LogP contribution in [0.3, 0.4) is 0 Å². The standard InChI is InChI=1S/C5H10.C2H2BNO/c1-3-5-4-2;1-2-5-4-3-1/h3H,1,4-5H2,2H3;1-2H. The van der Waals surface area contributed by atoms with Gasteiger partial charge in [-0.15, -0.1) is 6.58 Å². The van der Waals surface area contributed by atoms with Crippen LogP contribution in [-0.2, 0) is 0 Å². The molecule has 1 aromatic rings. The van der Waals surface area contributed by atoms with Crippen molar-refractivity contribution in [1.82, 2.24) is 5.06 Å². The van der Waals surface area contributed by atoms with E-state index in [1.165, 1.54) is 12.7 Å². The van der Waals surface area contributed by atoms with Gasteiger partial charge < -0.3 is 0 Å². The van der Waals surface area contributed by atoms with Gasteiger partial charge in [0, 0.05) is 0 Å². The van der Waals surface area contributed by atoms with E-state index < -0.39 is 0 Å². The summed E-state index contributed by atoms with van der Waals surface area (Å²) in [6.07, 6.45) is 5.82. The van der Waals surface area contributed by atoms with E-state index in [9.17, 15) is 0 Å². The summed E-state index contributed by atoms with van der Waals surface area (Å²) in [5.74, 6) is 1.72. The molecule has 0 aliphatic rings. The predicted molar refractivity (Wildman–Crippen MR) is 43.0 cm³/mol. The zero-order valence-corrected chi connectivity index (χ0v) is 6.29. The van der Waals surface area contributed by atoms with E-state index in [-0.39, 0.29) is 0 Å². The molecule has 0 N–H and O–H groups in total. The van der Waals surface area contributed by atoms with Crippen LogP contribution in [-0.4, -0.2) is 12.1 Å². The van der Waals surface area contributed by atoms with E-state index in [2.05, 4.69) is 23.1 Å². The average Bonchev–Trinajstić information content (AvgIpc) is 2.44. The molecule has 0 amide bonds. The Morgan fingerprint density at radius 3 is 2.70 bits per heavy atom. The quantitative estimate of drug-likeness (QED) is 0.582. The van der Waals surface area contributed by atoms with E-state index >= 15 is 0 Å². The zero-order valence-electron chi connectivity index (χ0n) is 6.29. The Labute approximate surface area is 62.2 Å². The summed E-state index contributed by atoms with van der Waals surface area (Å²) in [5.41, 5.74) is 0. The van der Waals surface area contributed by atoms with Gasteiger partial charge in [-0.1, -0.05) is 19.4 Å². The Balaban J connectivity index is 0.000000162.